The maximum absolute atomic E-state index is 13.2. The highest BCUT2D eigenvalue weighted by atomic mass is 19.1. The molecule has 7 nitrogen and oxygen atoms in total. The second-order valence-corrected chi connectivity index (χ2v) is 5.58. The normalized spacial score (nSPS) is 15.7. The van der Waals surface area contributed by atoms with Gasteiger partial charge >= 0.3 is 0 Å². The van der Waals surface area contributed by atoms with Crippen LogP contribution in [0.1, 0.15) is 15.9 Å². The molecule has 1 N–H and O–H groups in total. The molecule has 2 aromatic carbocycles. The molecule has 0 saturated heterocycles. The summed E-state index contributed by atoms with van der Waals surface area (Å²) in [6.07, 6.45) is 0.514. The number of ether oxygens (including phenoxy) is 2. The van der Waals surface area contributed by atoms with E-state index in [1.807, 2.05) is 6.07 Å². The van der Waals surface area contributed by atoms with E-state index in [2.05, 4.69) is 5.32 Å². The average Bonchev–Trinajstić information content (AvgIpc) is 2.61. The van der Waals surface area contributed by atoms with Crippen molar-refractivity contribution < 1.29 is 23.6 Å². The SMILES string of the molecule is COc1ccc2c(c1)OCC(NC(=O)c1ccc(F)cc1[N+](=O)[O-])C2. The minimum Gasteiger partial charge on any atom is -0.497 e. The van der Waals surface area contributed by atoms with Crippen molar-refractivity contribution in [2.45, 2.75) is 12.5 Å². The van der Waals surface area contributed by atoms with Gasteiger partial charge in [-0.1, -0.05) is 6.07 Å². The molecule has 0 aromatic heterocycles. The molecule has 130 valence electrons. The van der Waals surface area contributed by atoms with E-state index in [0.29, 0.717) is 17.9 Å². The molecule has 1 atom stereocenters. The van der Waals surface area contributed by atoms with Crippen LogP contribution in [0.5, 0.6) is 11.5 Å². The van der Waals surface area contributed by atoms with E-state index in [4.69, 9.17) is 9.47 Å². The van der Waals surface area contributed by atoms with Crippen LogP contribution in [-0.2, 0) is 6.42 Å². The monoisotopic (exact) mass is 346 g/mol. The molecule has 8 heteroatoms. The number of rotatable bonds is 4. The van der Waals surface area contributed by atoms with Crippen molar-refractivity contribution in [2.24, 2.45) is 0 Å². The van der Waals surface area contributed by atoms with Gasteiger partial charge in [0.1, 0.15) is 29.5 Å². The summed E-state index contributed by atoms with van der Waals surface area (Å²) in [5.74, 6) is -0.0647. The van der Waals surface area contributed by atoms with Gasteiger partial charge in [-0.15, -0.1) is 0 Å². The second kappa shape index (κ2) is 6.76. The molecule has 1 unspecified atom stereocenters. The van der Waals surface area contributed by atoms with Crippen molar-refractivity contribution in [1.29, 1.82) is 0 Å². The van der Waals surface area contributed by atoms with Gasteiger partial charge in [0.2, 0.25) is 0 Å². The third-order valence-electron chi connectivity index (χ3n) is 3.92. The van der Waals surface area contributed by atoms with Crippen LogP contribution in [0.15, 0.2) is 36.4 Å². The van der Waals surface area contributed by atoms with E-state index < -0.39 is 22.3 Å². The lowest BCUT2D eigenvalue weighted by Gasteiger charge is -2.26. The lowest BCUT2D eigenvalue weighted by molar-refractivity contribution is -0.385. The first-order chi connectivity index (χ1) is 12.0. The number of methoxy groups -OCH3 is 1. The number of nitro groups is 1. The molecule has 0 aliphatic carbocycles. The number of fused-ring (bicyclic) bond motifs is 1. The number of amides is 1. The van der Waals surface area contributed by atoms with Crippen LogP contribution in [-0.4, -0.2) is 30.6 Å². The molecule has 1 heterocycles. The fourth-order valence-electron chi connectivity index (χ4n) is 2.68. The fourth-order valence-corrected chi connectivity index (χ4v) is 2.68. The summed E-state index contributed by atoms with van der Waals surface area (Å²) in [4.78, 5) is 22.6. The zero-order chi connectivity index (χ0) is 18.0. The molecule has 0 fully saturated rings. The summed E-state index contributed by atoms with van der Waals surface area (Å²) >= 11 is 0. The second-order valence-electron chi connectivity index (χ2n) is 5.58. The third-order valence-corrected chi connectivity index (χ3v) is 3.92. The van der Waals surface area contributed by atoms with E-state index in [9.17, 15) is 19.3 Å². The van der Waals surface area contributed by atoms with Crippen LogP contribution >= 0.6 is 0 Å². The van der Waals surface area contributed by atoms with E-state index >= 15 is 0 Å². The number of nitrogens with one attached hydrogen (secondary N) is 1. The van der Waals surface area contributed by atoms with E-state index in [0.717, 1.165) is 23.8 Å². The number of carbonyl (C=O) groups excluding carboxylic acids is 1. The highest BCUT2D eigenvalue weighted by molar-refractivity contribution is 5.98. The highest BCUT2D eigenvalue weighted by Crippen LogP contribution is 2.29. The van der Waals surface area contributed by atoms with Gasteiger partial charge in [0.05, 0.1) is 24.1 Å². The molecule has 0 saturated carbocycles. The number of nitrogens with zero attached hydrogens (tertiary/aromatic N) is 1. The summed E-state index contributed by atoms with van der Waals surface area (Å²) in [6, 6.07) is 7.89. The van der Waals surface area contributed by atoms with E-state index in [1.165, 1.54) is 0 Å². The molecular weight excluding hydrogens is 331 g/mol. The molecule has 0 bridgehead atoms. The Balaban J connectivity index is 1.75. The zero-order valence-corrected chi connectivity index (χ0v) is 13.3. The molecule has 0 radical (unpaired) electrons. The van der Waals surface area contributed by atoms with Crippen molar-refractivity contribution in [3.05, 3.63) is 63.5 Å². The smallest absolute Gasteiger partial charge is 0.285 e. The maximum atomic E-state index is 13.2. The van der Waals surface area contributed by atoms with Crippen LogP contribution in [0.4, 0.5) is 10.1 Å². The Morgan fingerprint density at radius 3 is 2.88 bits per heavy atom. The van der Waals surface area contributed by atoms with Gasteiger partial charge in [-0.05, 0) is 30.2 Å². The first kappa shape index (κ1) is 16.7. The van der Waals surface area contributed by atoms with Crippen LogP contribution < -0.4 is 14.8 Å². The highest BCUT2D eigenvalue weighted by Gasteiger charge is 2.26. The van der Waals surface area contributed by atoms with Crippen molar-refractivity contribution in [1.82, 2.24) is 5.32 Å². The first-order valence-corrected chi connectivity index (χ1v) is 7.52. The summed E-state index contributed by atoms with van der Waals surface area (Å²) in [5.41, 5.74) is 0.136. The maximum Gasteiger partial charge on any atom is 0.285 e. The molecule has 0 spiro atoms. The van der Waals surface area contributed by atoms with Crippen LogP contribution in [0.25, 0.3) is 0 Å². The van der Waals surface area contributed by atoms with Crippen molar-refractivity contribution >= 4 is 11.6 Å². The number of halogens is 1. The number of nitro benzene ring substituents is 1. The fraction of sp³-hybridized carbons (Fsp3) is 0.235. The Bertz CT molecular complexity index is 840. The van der Waals surface area contributed by atoms with Gasteiger partial charge in [0.15, 0.2) is 0 Å². The van der Waals surface area contributed by atoms with Crippen LogP contribution in [0, 0.1) is 15.9 Å². The average molecular weight is 346 g/mol. The molecular formula is C17H15FN2O5. The number of carbonyl (C=O) groups is 1. The zero-order valence-electron chi connectivity index (χ0n) is 13.3. The predicted octanol–water partition coefficient (Wildman–Crippen LogP) is 2.48. The van der Waals surface area contributed by atoms with Crippen molar-refractivity contribution in [3.63, 3.8) is 0 Å². The van der Waals surface area contributed by atoms with Gasteiger partial charge in [-0.25, -0.2) is 4.39 Å². The molecule has 1 aliphatic heterocycles. The number of benzene rings is 2. The topological polar surface area (TPSA) is 90.7 Å². The lowest BCUT2D eigenvalue weighted by atomic mass is 10.0. The van der Waals surface area contributed by atoms with E-state index in [1.54, 1.807) is 19.2 Å². The Labute approximate surface area is 142 Å². The Kier molecular flexibility index (Phi) is 4.51. The molecule has 3 rings (SSSR count). The summed E-state index contributed by atoms with van der Waals surface area (Å²) in [5, 5.41) is 13.7. The van der Waals surface area contributed by atoms with Crippen LogP contribution in [0.3, 0.4) is 0 Å². The largest absolute Gasteiger partial charge is 0.497 e. The first-order valence-electron chi connectivity index (χ1n) is 7.52. The van der Waals surface area contributed by atoms with Gasteiger partial charge in [-0.3, -0.25) is 14.9 Å². The Morgan fingerprint density at radius 2 is 2.16 bits per heavy atom. The summed E-state index contributed by atoms with van der Waals surface area (Å²) in [6.45, 7) is 0.223. The molecule has 1 aliphatic rings. The molecule has 1 amide bonds. The van der Waals surface area contributed by atoms with Gasteiger partial charge < -0.3 is 14.8 Å². The molecule has 25 heavy (non-hydrogen) atoms. The Morgan fingerprint density at radius 1 is 1.36 bits per heavy atom. The van der Waals surface area contributed by atoms with E-state index in [-0.39, 0.29) is 18.2 Å². The molecule has 2 aromatic rings. The van der Waals surface area contributed by atoms with Gasteiger partial charge in [0, 0.05) is 6.07 Å². The quantitative estimate of drug-likeness (QED) is 0.678. The summed E-state index contributed by atoms with van der Waals surface area (Å²) in [7, 11) is 1.56. The van der Waals surface area contributed by atoms with Crippen molar-refractivity contribution in [3.8, 4) is 11.5 Å². The number of hydrogen-bond acceptors (Lipinski definition) is 5. The summed E-state index contributed by atoms with van der Waals surface area (Å²) < 4.78 is 23.9. The Hall–Kier alpha value is -3.16. The lowest BCUT2D eigenvalue weighted by Crippen LogP contribution is -2.42. The standard InChI is InChI=1S/C17H15FN2O5/c1-24-13-4-2-10-6-12(9-25-16(10)8-13)19-17(21)14-5-3-11(18)7-15(14)20(22)23/h2-5,7-8,12H,6,9H2,1H3,(H,19,21). The van der Waals surface area contributed by atoms with Gasteiger partial charge in [-0.2, -0.15) is 0 Å². The third kappa shape index (κ3) is 3.52. The predicted molar refractivity (Wildman–Crippen MR) is 86.5 cm³/mol. The minimum absolute atomic E-state index is 0.188. The number of hydrogen-bond donors (Lipinski definition) is 1. The van der Waals surface area contributed by atoms with Gasteiger partial charge in [0.25, 0.3) is 11.6 Å². The van der Waals surface area contributed by atoms with Crippen LogP contribution in [0.2, 0.25) is 0 Å². The minimum atomic E-state index is -0.781. The van der Waals surface area contributed by atoms with Crippen molar-refractivity contribution in [2.75, 3.05) is 13.7 Å².